The molecule has 0 aliphatic heterocycles. The number of carboxylic acid groups (broad SMARTS) is 1. The standard InChI is InChI=1S/C42H37N3O4/c1-29-20-22-32(23-21-29)42(30-12-4-2-5-13-30,31-14-6-3-7-15-31)45-28-43-26-33(45)24-25-39(40(46)47)44-41(48)49-27-38-36-18-10-8-16-34(36)35-17-9-11-19-37(35)38/h2-23,26,28,38-39H,24-25,27H2,1H3,(H,44,48)(H,46,47)/t39-/m0/s1. The predicted molar refractivity (Wildman–Crippen MR) is 190 cm³/mol. The summed E-state index contributed by atoms with van der Waals surface area (Å²) in [5.41, 5.74) is 8.73. The number of aliphatic carboxylic acids is 1. The fraction of sp³-hybridized carbons (Fsp3) is 0.167. The van der Waals surface area contributed by atoms with E-state index in [0.717, 1.165) is 50.2 Å². The van der Waals surface area contributed by atoms with E-state index in [-0.39, 0.29) is 18.9 Å². The molecule has 7 heteroatoms. The van der Waals surface area contributed by atoms with Crippen molar-refractivity contribution >= 4 is 12.1 Å². The van der Waals surface area contributed by atoms with Crippen LogP contribution in [-0.4, -0.2) is 39.4 Å². The van der Waals surface area contributed by atoms with Crippen LogP contribution in [0.3, 0.4) is 0 Å². The lowest BCUT2D eigenvalue weighted by molar-refractivity contribution is -0.139. The number of hydrogen-bond acceptors (Lipinski definition) is 4. The molecule has 7 rings (SSSR count). The molecule has 1 heterocycles. The van der Waals surface area contributed by atoms with Gasteiger partial charge in [-0.1, -0.05) is 139 Å². The SMILES string of the molecule is Cc1ccc(C(c2ccccc2)(c2ccccc2)n2cncc2CC[C@H](NC(=O)OCC2c3ccccc3-c3ccccc32)C(=O)O)cc1. The van der Waals surface area contributed by atoms with Gasteiger partial charge in [0.2, 0.25) is 0 Å². The lowest BCUT2D eigenvalue weighted by Crippen LogP contribution is -2.42. The van der Waals surface area contributed by atoms with Crippen LogP contribution in [0.1, 0.15) is 51.4 Å². The van der Waals surface area contributed by atoms with Gasteiger partial charge in [-0.15, -0.1) is 0 Å². The number of ether oxygens (including phenoxy) is 1. The number of carbonyl (C=O) groups excluding carboxylic acids is 1. The van der Waals surface area contributed by atoms with Crippen molar-refractivity contribution in [2.45, 2.75) is 37.3 Å². The molecule has 5 aromatic carbocycles. The Morgan fingerprint density at radius 1 is 0.776 bits per heavy atom. The van der Waals surface area contributed by atoms with Gasteiger partial charge in [0.05, 0.1) is 6.33 Å². The van der Waals surface area contributed by atoms with Crippen LogP contribution in [0.5, 0.6) is 0 Å². The number of alkyl carbamates (subject to hydrolysis) is 1. The first kappa shape index (κ1) is 31.6. The highest BCUT2D eigenvalue weighted by Gasteiger charge is 2.40. The van der Waals surface area contributed by atoms with Gasteiger partial charge in [0.15, 0.2) is 0 Å². The zero-order valence-corrected chi connectivity index (χ0v) is 27.2. The van der Waals surface area contributed by atoms with Gasteiger partial charge in [0, 0.05) is 17.8 Å². The maximum absolute atomic E-state index is 13.1. The van der Waals surface area contributed by atoms with Crippen molar-refractivity contribution in [3.05, 3.63) is 185 Å². The minimum Gasteiger partial charge on any atom is -0.480 e. The molecule has 0 bridgehead atoms. The Morgan fingerprint density at radius 2 is 1.31 bits per heavy atom. The van der Waals surface area contributed by atoms with E-state index in [1.165, 1.54) is 0 Å². The molecule has 1 amide bonds. The monoisotopic (exact) mass is 647 g/mol. The Bertz CT molecular complexity index is 1990. The Morgan fingerprint density at radius 3 is 1.88 bits per heavy atom. The molecule has 0 unspecified atom stereocenters. The number of fused-ring (bicyclic) bond motifs is 3. The van der Waals surface area contributed by atoms with Crippen LogP contribution in [0.4, 0.5) is 4.79 Å². The normalized spacial score (nSPS) is 12.9. The maximum Gasteiger partial charge on any atom is 0.407 e. The molecule has 2 N–H and O–H groups in total. The zero-order valence-electron chi connectivity index (χ0n) is 27.2. The maximum atomic E-state index is 13.1. The van der Waals surface area contributed by atoms with Gasteiger partial charge >= 0.3 is 12.1 Å². The van der Waals surface area contributed by atoms with Crippen molar-refractivity contribution in [1.82, 2.24) is 14.9 Å². The van der Waals surface area contributed by atoms with E-state index in [2.05, 4.69) is 82.5 Å². The lowest BCUT2D eigenvalue weighted by Gasteiger charge is -2.39. The second kappa shape index (κ2) is 13.6. The predicted octanol–water partition coefficient (Wildman–Crippen LogP) is 7.96. The molecular formula is C42H37N3O4. The molecule has 0 saturated heterocycles. The van der Waals surface area contributed by atoms with Crippen LogP contribution in [0.2, 0.25) is 0 Å². The first-order chi connectivity index (χ1) is 24.0. The summed E-state index contributed by atoms with van der Waals surface area (Å²) in [6.45, 7) is 2.17. The number of aromatic nitrogens is 2. The van der Waals surface area contributed by atoms with Crippen LogP contribution >= 0.6 is 0 Å². The summed E-state index contributed by atoms with van der Waals surface area (Å²) in [7, 11) is 0. The highest BCUT2D eigenvalue weighted by molar-refractivity contribution is 5.81. The summed E-state index contributed by atoms with van der Waals surface area (Å²) < 4.78 is 7.82. The third-order valence-electron chi connectivity index (χ3n) is 9.55. The quantitative estimate of drug-likeness (QED) is 0.139. The Kier molecular flexibility index (Phi) is 8.81. The molecule has 0 fully saturated rings. The molecule has 1 aromatic heterocycles. The number of carboxylic acids is 1. The third-order valence-corrected chi connectivity index (χ3v) is 9.55. The van der Waals surface area contributed by atoms with Crippen molar-refractivity contribution in [2.75, 3.05) is 6.61 Å². The number of hydrogen-bond donors (Lipinski definition) is 2. The first-order valence-electron chi connectivity index (χ1n) is 16.5. The van der Waals surface area contributed by atoms with Gasteiger partial charge in [0.1, 0.15) is 18.2 Å². The van der Waals surface area contributed by atoms with E-state index in [4.69, 9.17) is 4.74 Å². The minimum absolute atomic E-state index is 0.103. The topological polar surface area (TPSA) is 93.5 Å². The van der Waals surface area contributed by atoms with Crippen LogP contribution in [0, 0.1) is 6.92 Å². The Balaban J connectivity index is 1.14. The van der Waals surface area contributed by atoms with E-state index >= 15 is 0 Å². The molecule has 7 nitrogen and oxygen atoms in total. The molecule has 6 aromatic rings. The van der Waals surface area contributed by atoms with Crippen LogP contribution < -0.4 is 5.32 Å². The van der Waals surface area contributed by atoms with E-state index in [0.29, 0.717) is 6.42 Å². The fourth-order valence-electron chi connectivity index (χ4n) is 7.21. The Hall–Kier alpha value is -5.95. The molecule has 0 radical (unpaired) electrons. The molecule has 0 saturated carbocycles. The number of aryl methyl sites for hydroxylation is 2. The van der Waals surface area contributed by atoms with Crippen molar-refractivity contribution in [2.24, 2.45) is 0 Å². The molecule has 1 atom stereocenters. The van der Waals surface area contributed by atoms with E-state index in [1.54, 1.807) is 6.20 Å². The highest BCUT2D eigenvalue weighted by Crippen LogP contribution is 2.45. The number of nitrogens with one attached hydrogen (secondary N) is 1. The molecule has 49 heavy (non-hydrogen) atoms. The number of carbonyl (C=O) groups is 2. The summed E-state index contributed by atoms with van der Waals surface area (Å²) >= 11 is 0. The molecule has 1 aliphatic carbocycles. The first-order valence-corrected chi connectivity index (χ1v) is 16.5. The molecule has 244 valence electrons. The Labute approximate surface area is 285 Å². The molecule has 0 spiro atoms. The van der Waals surface area contributed by atoms with Crippen molar-refractivity contribution in [3.8, 4) is 11.1 Å². The minimum atomic E-state index is -1.17. The van der Waals surface area contributed by atoms with Crippen molar-refractivity contribution in [1.29, 1.82) is 0 Å². The van der Waals surface area contributed by atoms with Crippen LogP contribution in [-0.2, 0) is 21.5 Å². The van der Waals surface area contributed by atoms with Gasteiger partial charge in [-0.25, -0.2) is 14.6 Å². The average Bonchev–Trinajstić information content (AvgIpc) is 3.74. The van der Waals surface area contributed by atoms with E-state index < -0.39 is 23.6 Å². The summed E-state index contributed by atoms with van der Waals surface area (Å²) in [6, 6.07) is 44.0. The second-order valence-corrected chi connectivity index (χ2v) is 12.5. The number of nitrogens with zero attached hydrogens (tertiary/aromatic N) is 2. The number of benzene rings is 5. The number of amides is 1. The smallest absolute Gasteiger partial charge is 0.407 e. The second-order valence-electron chi connectivity index (χ2n) is 12.5. The summed E-state index contributed by atoms with van der Waals surface area (Å²) in [6.07, 6.45) is 3.31. The molecular weight excluding hydrogens is 610 g/mol. The zero-order chi connectivity index (χ0) is 33.8. The van der Waals surface area contributed by atoms with E-state index in [1.807, 2.05) is 79.1 Å². The van der Waals surface area contributed by atoms with Crippen LogP contribution in [0.25, 0.3) is 11.1 Å². The van der Waals surface area contributed by atoms with Crippen LogP contribution in [0.15, 0.2) is 146 Å². The van der Waals surface area contributed by atoms with Crippen molar-refractivity contribution < 1.29 is 19.4 Å². The van der Waals surface area contributed by atoms with Gasteiger partial charge in [-0.3, -0.25) is 0 Å². The average molecular weight is 648 g/mol. The molecule has 1 aliphatic rings. The summed E-state index contributed by atoms with van der Waals surface area (Å²) in [5.74, 6) is -1.25. The lowest BCUT2D eigenvalue weighted by atomic mass is 9.76. The largest absolute Gasteiger partial charge is 0.480 e. The van der Waals surface area contributed by atoms with Gasteiger partial charge in [0.25, 0.3) is 0 Å². The van der Waals surface area contributed by atoms with Gasteiger partial charge in [-0.05, 0) is 58.7 Å². The number of rotatable bonds is 11. The summed E-state index contributed by atoms with van der Waals surface area (Å²) in [5, 5.41) is 12.8. The summed E-state index contributed by atoms with van der Waals surface area (Å²) in [4.78, 5) is 30.1. The van der Waals surface area contributed by atoms with E-state index in [9.17, 15) is 14.7 Å². The van der Waals surface area contributed by atoms with Gasteiger partial charge in [-0.2, -0.15) is 0 Å². The highest BCUT2D eigenvalue weighted by atomic mass is 16.5. The van der Waals surface area contributed by atoms with Crippen molar-refractivity contribution in [3.63, 3.8) is 0 Å². The third kappa shape index (κ3) is 6.00. The fourth-order valence-corrected chi connectivity index (χ4v) is 7.21. The van der Waals surface area contributed by atoms with Gasteiger partial charge < -0.3 is 19.7 Å². The number of imidazole rings is 1.